The van der Waals surface area contributed by atoms with E-state index < -0.39 is 0 Å². The summed E-state index contributed by atoms with van der Waals surface area (Å²) in [6.45, 7) is 2.93. The van der Waals surface area contributed by atoms with Crippen molar-refractivity contribution in [3.63, 3.8) is 0 Å². The van der Waals surface area contributed by atoms with Gasteiger partial charge in [0, 0.05) is 25.2 Å². The third-order valence-corrected chi connectivity index (χ3v) is 2.68. The number of nitrogens with zero attached hydrogens (tertiary/aromatic N) is 2. The molecule has 0 unspecified atom stereocenters. The molecule has 1 saturated carbocycles. The molecule has 0 spiro atoms. The molecule has 1 heterocycles. The third-order valence-electron chi connectivity index (χ3n) is 2.68. The molecule has 17 heavy (non-hydrogen) atoms. The Hall–Kier alpha value is -0.910. The van der Waals surface area contributed by atoms with Gasteiger partial charge in [-0.2, -0.15) is 0 Å². The smallest absolute Gasteiger partial charge is 0.162 e. The van der Waals surface area contributed by atoms with E-state index >= 15 is 0 Å². The first-order chi connectivity index (χ1) is 8.24. The first-order valence-electron chi connectivity index (χ1n) is 6.14. The summed E-state index contributed by atoms with van der Waals surface area (Å²) in [7, 11) is 4.05. The number of nitrogens with one attached hydrogen (secondary N) is 1. The van der Waals surface area contributed by atoms with Gasteiger partial charge in [0.25, 0.3) is 0 Å². The number of rotatable bonds is 8. The van der Waals surface area contributed by atoms with Crippen LogP contribution in [0.1, 0.15) is 24.3 Å². The van der Waals surface area contributed by atoms with Crippen LogP contribution in [0.5, 0.6) is 0 Å². The lowest BCUT2D eigenvalue weighted by molar-refractivity contribution is 0.0884. The van der Waals surface area contributed by atoms with Gasteiger partial charge in [0.15, 0.2) is 5.76 Å². The Balaban J connectivity index is 1.62. The van der Waals surface area contributed by atoms with Crippen molar-refractivity contribution in [3.05, 3.63) is 17.5 Å². The molecule has 1 aromatic heterocycles. The van der Waals surface area contributed by atoms with E-state index in [0.717, 1.165) is 24.5 Å². The molecule has 0 aromatic carbocycles. The fourth-order valence-electron chi connectivity index (χ4n) is 1.46. The summed E-state index contributed by atoms with van der Waals surface area (Å²) in [6, 6.07) is 2.66. The molecule has 1 fully saturated rings. The number of likely N-dealkylation sites (N-methyl/N-ethyl adjacent to an activating group) is 1. The molecule has 0 amide bonds. The van der Waals surface area contributed by atoms with E-state index in [2.05, 4.69) is 15.4 Å². The van der Waals surface area contributed by atoms with Crippen molar-refractivity contribution in [2.45, 2.75) is 32.0 Å². The summed E-state index contributed by atoms with van der Waals surface area (Å²) in [6.07, 6.45) is 2.58. The molecule has 2 rings (SSSR count). The zero-order valence-corrected chi connectivity index (χ0v) is 10.6. The van der Waals surface area contributed by atoms with Crippen molar-refractivity contribution >= 4 is 0 Å². The highest BCUT2D eigenvalue weighted by molar-refractivity contribution is 5.04. The van der Waals surface area contributed by atoms with Gasteiger partial charge in [0.05, 0.1) is 12.3 Å². The average molecular weight is 239 g/mol. The second-order valence-electron chi connectivity index (χ2n) is 4.80. The topological polar surface area (TPSA) is 50.5 Å². The van der Waals surface area contributed by atoms with Crippen LogP contribution in [0.15, 0.2) is 10.6 Å². The predicted octanol–water partition coefficient (Wildman–Crippen LogP) is 1.00. The zero-order chi connectivity index (χ0) is 12.1. The van der Waals surface area contributed by atoms with Crippen LogP contribution in [0, 0.1) is 0 Å². The number of aromatic nitrogens is 1. The molecular formula is C12H21N3O2. The molecule has 5 nitrogen and oxygen atoms in total. The molecule has 0 aliphatic heterocycles. The minimum atomic E-state index is 0.504. The zero-order valence-electron chi connectivity index (χ0n) is 10.6. The number of hydrogen-bond acceptors (Lipinski definition) is 5. The number of ether oxygens (including phenoxy) is 1. The van der Waals surface area contributed by atoms with Gasteiger partial charge >= 0.3 is 0 Å². The van der Waals surface area contributed by atoms with E-state index in [-0.39, 0.29) is 0 Å². The summed E-state index contributed by atoms with van der Waals surface area (Å²) < 4.78 is 10.7. The van der Waals surface area contributed by atoms with E-state index in [9.17, 15) is 0 Å². The first-order valence-corrected chi connectivity index (χ1v) is 6.14. The van der Waals surface area contributed by atoms with Gasteiger partial charge in [-0.25, -0.2) is 0 Å². The molecule has 1 N–H and O–H groups in total. The highest BCUT2D eigenvalue weighted by Gasteiger charge is 2.20. The first kappa shape index (κ1) is 12.5. The van der Waals surface area contributed by atoms with Crippen LogP contribution in [0.4, 0.5) is 0 Å². The van der Waals surface area contributed by atoms with Crippen LogP contribution in [0.25, 0.3) is 0 Å². The standard InChI is InChI=1S/C12H21N3O2/c1-15(2)5-6-16-9-12-7-11(14-17-12)8-13-10-3-4-10/h7,10,13H,3-6,8-9H2,1-2H3. The van der Waals surface area contributed by atoms with Crippen LogP contribution >= 0.6 is 0 Å². The van der Waals surface area contributed by atoms with E-state index in [1.54, 1.807) is 0 Å². The molecule has 0 atom stereocenters. The van der Waals surface area contributed by atoms with Gasteiger partial charge in [-0.1, -0.05) is 5.16 Å². The van der Waals surface area contributed by atoms with Crippen LogP contribution < -0.4 is 5.32 Å². The quantitative estimate of drug-likeness (QED) is 0.686. The molecule has 0 saturated heterocycles. The van der Waals surface area contributed by atoms with E-state index in [4.69, 9.17) is 9.26 Å². The lowest BCUT2D eigenvalue weighted by atomic mass is 10.3. The normalized spacial score (nSPS) is 15.7. The Morgan fingerprint density at radius 1 is 1.53 bits per heavy atom. The van der Waals surface area contributed by atoms with Gasteiger partial charge in [0.2, 0.25) is 0 Å². The molecule has 5 heteroatoms. The lowest BCUT2D eigenvalue weighted by Crippen LogP contribution is -2.17. The fraction of sp³-hybridized carbons (Fsp3) is 0.750. The van der Waals surface area contributed by atoms with Gasteiger partial charge in [-0.3, -0.25) is 0 Å². The SMILES string of the molecule is CN(C)CCOCc1cc(CNC2CC2)no1. The Kier molecular flexibility index (Phi) is 4.53. The van der Waals surface area contributed by atoms with Gasteiger partial charge in [0.1, 0.15) is 6.61 Å². The summed E-state index contributed by atoms with van der Waals surface area (Å²) in [4.78, 5) is 2.09. The van der Waals surface area contributed by atoms with Crippen molar-refractivity contribution in [2.75, 3.05) is 27.2 Å². The third kappa shape index (κ3) is 4.85. The Morgan fingerprint density at radius 2 is 2.35 bits per heavy atom. The second-order valence-corrected chi connectivity index (χ2v) is 4.80. The summed E-state index contributed by atoms with van der Waals surface area (Å²) in [5.74, 6) is 0.802. The summed E-state index contributed by atoms with van der Waals surface area (Å²) >= 11 is 0. The maximum atomic E-state index is 5.49. The molecule has 1 aliphatic carbocycles. The Labute approximate surface area is 102 Å². The van der Waals surface area contributed by atoms with Crippen molar-refractivity contribution in [2.24, 2.45) is 0 Å². The summed E-state index contributed by atoms with van der Waals surface area (Å²) in [5.41, 5.74) is 0.961. The monoisotopic (exact) mass is 239 g/mol. The highest BCUT2D eigenvalue weighted by Crippen LogP contribution is 2.19. The van der Waals surface area contributed by atoms with Crippen LogP contribution in [-0.2, 0) is 17.9 Å². The molecular weight excluding hydrogens is 218 g/mol. The maximum Gasteiger partial charge on any atom is 0.162 e. The molecule has 96 valence electrons. The second kappa shape index (κ2) is 6.14. The van der Waals surface area contributed by atoms with Crippen molar-refractivity contribution in [1.82, 2.24) is 15.4 Å². The fourth-order valence-corrected chi connectivity index (χ4v) is 1.46. The van der Waals surface area contributed by atoms with Crippen LogP contribution in [0.3, 0.4) is 0 Å². The van der Waals surface area contributed by atoms with Crippen LogP contribution in [-0.4, -0.2) is 43.3 Å². The molecule has 0 bridgehead atoms. The molecule has 0 radical (unpaired) electrons. The minimum Gasteiger partial charge on any atom is -0.372 e. The predicted molar refractivity (Wildman–Crippen MR) is 64.6 cm³/mol. The maximum absolute atomic E-state index is 5.49. The van der Waals surface area contributed by atoms with Crippen molar-refractivity contribution < 1.29 is 9.26 Å². The molecule has 1 aromatic rings. The number of hydrogen-bond donors (Lipinski definition) is 1. The van der Waals surface area contributed by atoms with Gasteiger partial charge in [-0.15, -0.1) is 0 Å². The Morgan fingerprint density at radius 3 is 3.06 bits per heavy atom. The van der Waals surface area contributed by atoms with Crippen molar-refractivity contribution in [1.29, 1.82) is 0 Å². The van der Waals surface area contributed by atoms with Crippen molar-refractivity contribution in [3.8, 4) is 0 Å². The lowest BCUT2D eigenvalue weighted by Gasteiger charge is -2.08. The van der Waals surface area contributed by atoms with Gasteiger partial charge < -0.3 is 19.5 Å². The summed E-state index contributed by atoms with van der Waals surface area (Å²) in [5, 5.41) is 7.40. The van der Waals surface area contributed by atoms with Gasteiger partial charge in [-0.05, 0) is 26.9 Å². The Bertz CT molecular complexity index is 334. The van der Waals surface area contributed by atoms with E-state index in [1.807, 2.05) is 20.2 Å². The largest absolute Gasteiger partial charge is 0.372 e. The minimum absolute atomic E-state index is 0.504. The van der Waals surface area contributed by atoms with E-state index in [1.165, 1.54) is 12.8 Å². The molecule has 1 aliphatic rings. The van der Waals surface area contributed by atoms with E-state index in [0.29, 0.717) is 19.3 Å². The average Bonchev–Trinajstić information content (AvgIpc) is 3.01. The highest BCUT2D eigenvalue weighted by atomic mass is 16.5. The van der Waals surface area contributed by atoms with Crippen LogP contribution in [0.2, 0.25) is 0 Å².